The van der Waals surface area contributed by atoms with Gasteiger partial charge >= 0.3 is 6.18 Å². The van der Waals surface area contributed by atoms with Gasteiger partial charge in [-0.05, 0) is 41.7 Å². The van der Waals surface area contributed by atoms with E-state index in [1.165, 1.54) is 24.3 Å². The Labute approximate surface area is 147 Å². The van der Waals surface area contributed by atoms with E-state index in [4.69, 9.17) is 0 Å². The van der Waals surface area contributed by atoms with Crippen LogP contribution in [0.2, 0.25) is 0 Å². The number of nitrogens with one attached hydrogen (secondary N) is 1. The average molecular weight is 360 g/mol. The summed E-state index contributed by atoms with van der Waals surface area (Å²) >= 11 is 0. The summed E-state index contributed by atoms with van der Waals surface area (Å²) in [6.45, 7) is 0. The third kappa shape index (κ3) is 2.73. The molecule has 1 heterocycles. The summed E-state index contributed by atoms with van der Waals surface area (Å²) in [5.74, 6) is -0.120. The minimum Gasteiger partial charge on any atom is -0.378 e. The largest absolute Gasteiger partial charge is 0.416 e. The number of rotatable bonds is 2. The van der Waals surface area contributed by atoms with E-state index in [1.807, 2.05) is 18.2 Å². The van der Waals surface area contributed by atoms with Crippen molar-refractivity contribution in [3.05, 3.63) is 81.4 Å². The Bertz CT molecular complexity index is 908. The first-order valence-corrected chi connectivity index (χ1v) is 8.23. The van der Waals surface area contributed by atoms with Crippen molar-refractivity contribution < 1.29 is 18.1 Å². The number of alkyl halides is 3. The van der Waals surface area contributed by atoms with E-state index < -0.39 is 16.7 Å². The Hall–Kier alpha value is -2.83. The lowest BCUT2D eigenvalue weighted by Gasteiger charge is -2.37. The number of anilines is 1. The molecule has 2 aliphatic rings. The molecule has 4 nitrogen and oxygen atoms in total. The number of nitro benzene ring substituents is 1. The van der Waals surface area contributed by atoms with Gasteiger partial charge in [0.1, 0.15) is 0 Å². The second-order valence-electron chi connectivity index (χ2n) is 6.63. The summed E-state index contributed by atoms with van der Waals surface area (Å²) in [6.07, 6.45) is 0.232. The van der Waals surface area contributed by atoms with Crippen LogP contribution in [0, 0.1) is 16.0 Å². The number of hydrogen-bond donors (Lipinski definition) is 1. The first kappa shape index (κ1) is 16.6. The second kappa shape index (κ2) is 5.86. The summed E-state index contributed by atoms with van der Waals surface area (Å²) in [5, 5.41) is 14.4. The molecule has 0 unspecified atom stereocenters. The molecule has 134 valence electrons. The molecule has 0 amide bonds. The Balaban J connectivity index is 1.76. The van der Waals surface area contributed by atoms with Crippen LogP contribution in [-0.4, -0.2) is 4.92 Å². The molecule has 0 bridgehead atoms. The molecule has 7 heteroatoms. The maximum absolute atomic E-state index is 13.1. The SMILES string of the molecule is O=[N+]([O-])c1cccc([C@@H]2Nc3ccc(C(F)(F)F)cc3[C@@H]3C=CC[C@@H]32)c1. The molecule has 4 rings (SSSR count). The summed E-state index contributed by atoms with van der Waals surface area (Å²) in [7, 11) is 0. The standard InChI is InChI=1S/C19H15F3N2O2/c20-19(21,22)12-7-8-17-16(10-12)14-5-2-6-15(14)18(23-17)11-3-1-4-13(9-11)24(25)26/h1-5,7-10,14-15,18,23H,6H2/t14-,15+,18+/m1/s1. The average Bonchev–Trinajstić information content (AvgIpc) is 3.10. The Kier molecular flexibility index (Phi) is 3.75. The Morgan fingerprint density at radius 2 is 1.96 bits per heavy atom. The van der Waals surface area contributed by atoms with E-state index >= 15 is 0 Å². The Morgan fingerprint density at radius 1 is 1.15 bits per heavy atom. The molecule has 1 aliphatic heterocycles. The lowest BCUT2D eigenvalue weighted by atomic mass is 9.76. The van der Waals surface area contributed by atoms with Crippen molar-refractivity contribution in [2.75, 3.05) is 5.32 Å². The molecule has 0 saturated carbocycles. The molecule has 2 aromatic rings. The van der Waals surface area contributed by atoms with Gasteiger partial charge in [-0.2, -0.15) is 13.2 Å². The second-order valence-corrected chi connectivity index (χ2v) is 6.63. The van der Waals surface area contributed by atoms with Gasteiger partial charge in [0.2, 0.25) is 0 Å². The monoisotopic (exact) mass is 360 g/mol. The molecular weight excluding hydrogens is 345 g/mol. The van der Waals surface area contributed by atoms with Crippen LogP contribution in [0.4, 0.5) is 24.5 Å². The van der Waals surface area contributed by atoms with E-state index in [0.29, 0.717) is 17.7 Å². The summed E-state index contributed by atoms with van der Waals surface area (Å²) in [6, 6.07) is 9.94. The first-order valence-electron chi connectivity index (χ1n) is 8.23. The van der Waals surface area contributed by atoms with E-state index in [0.717, 1.165) is 11.6 Å². The predicted octanol–water partition coefficient (Wildman–Crippen LogP) is 5.44. The molecule has 0 radical (unpaired) electrons. The van der Waals surface area contributed by atoms with Crippen LogP contribution in [0.15, 0.2) is 54.6 Å². The highest BCUT2D eigenvalue weighted by molar-refractivity contribution is 5.61. The van der Waals surface area contributed by atoms with Gasteiger partial charge in [0.25, 0.3) is 5.69 Å². The lowest BCUT2D eigenvalue weighted by molar-refractivity contribution is -0.384. The van der Waals surface area contributed by atoms with Crippen LogP contribution in [0.25, 0.3) is 0 Å². The van der Waals surface area contributed by atoms with Crippen LogP contribution < -0.4 is 5.32 Å². The molecule has 0 aromatic heterocycles. The zero-order valence-corrected chi connectivity index (χ0v) is 13.5. The highest BCUT2D eigenvalue weighted by Gasteiger charge is 2.40. The molecule has 0 spiro atoms. The molecule has 3 atom stereocenters. The highest BCUT2D eigenvalue weighted by Crippen LogP contribution is 2.50. The number of halogens is 3. The topological polar surface area (TPSA) is 55.2 Å². The van der Waals surface area contributed by atoms with Crippen molar-refractivity contribution in [1.29, 1.82) is 0 Å². The summed E-state index contributed by atoms with van der Waals surface area (Å²) in [5.41, 5.74) is 1.38. The van der Waals surface area contributed by atoms with Gasteiger partial charge in [-0.3, -0.25) is 10.1 Å². The molecule has 26 heavy (non-hydrogen) atoms. The van der Waals surface area contributed by atoms with Crippen molar-refractivity contribution in [2.24, 2.45) is 5.92 Å². The number of fused-ring (bicyclic) bond motifs is 3. The minimum absolute atomic E-state index is 0.00465. The number of non-ortho nitro benzene ring substituents is 1. The summed E-state index contributed by atoms with van der Waals surface area (Å²) < 4.78 is 39.2. The first-order chi connectivity index (χ1) is 12.3. The Morgan fingerprint density at radius 3 is 2.69 bits per heavy atom. The van der Waals surface area contributed by atoms with Crippen LogP contribution in [0.3, 0.4) is 0 Å². The molecule has 2 aromatic carbocycles. The van der Waals surface area contributed by atoms with Crippen LogP contribution >= 0.6 is 0 Å². The number of nitro groups is 1. The number of benzene rings is 2. The summed E-state index contributed by atoms with van der Waals surface area (Å²) in [4.78, 5) is 10.6. The van der Waals surface area contributed by atoms with E-state index in [1.54, 1.807) is 6.07 Å². The lowest BCUT2D eigenvalue weighted by Crippen LogP contribution is -2.29. The maximum atomic E-state index is 13.1. The normalized spacial score (nSPS) is 23.9. The van der Waals surface area contributed by atoms with Crippen LogP contribution in [-0.2, 0) is 6.18 Å². The van der Waals surface area contributed by atoms with Gasteiger partial charge in [-0.1, -0.05) is 24.3 Å². The van der Waals surface area contributed by atoms with Crippen molar-refractivity contribution in [2.45, 2.75) is 24.6 Å². The van der Waals surface area contributed by atoms with E-state index in [2.05, 4.69) is 5.32 Å². The number of hydrogen-bond acceptors (Lipinski definition) is 3. The fourth-order valence-corrected chi connectivity index (χ4v) is 3.93. The highest BCUT2D eigenvalue weighted by atomic mass is 19.4. The van der Waals surface area contributed by atoms with Gasteiger partial charge in [0, 0.05) is 23.7 Å². The van der Waals surface area contributed by atoms with Gasteiger partial charge in [0.05, 0.1) is 16.5 Å². The zero-order valence-electron chi connectivity index (χ0n) is 13.5. The van der Waals surface area contributed by atoms with Gasteiger partial charge < -0.3 is 5.32 Å². The molecule has 0 saturated heterocycles. The van der Waals surface area contributed by atoms with E-state index in [-0.39, 0.29) is 23.6 Å². The third-order valence-electron chi connectivity index (χ3n) is 5.13. The van der Waals surface area contributed by atoms with Crippen LogP contribution in [0.5, 0.6) is 0 Å². The number of nitrogens with zero attached hydrogens (tertiary/aromatic N) is 1. The molecular formula is C19H15F3N2O2. The van der Waals surface area contributed by atoms with Crippen molar-refractivity contribution in [1.82, 2.24) is 0 Å². The van der Waals surface area contributed by atoms with E-state index in [9.17, 15) is 23.3 Å². The molecule has 1 N–H and O–H groups in total. The van der Waals surface area contributed by atoms with Gasteiger partial charge in [-0.15, -0.1) is 0 Å². The smallest absolute Gasteiger partial charge is 0.378 e. The predicted molar refractivity (Wildman–Crippen MR) is 90.9 cm³/mol. The van der Waals surface area contributed by atoms with Crippen molar-refractivity contribution in [3.8, 4) is 0 Å². The quantitative estimate of drug-likeness (QED) is 0.441. The fourth-order valence-electron chi connectivity index (χ4n) is 3.93. The maximum Gasteiger partial charge on any atom is 0.416 e. The van der Waals surface area contributed by atoms with Crippen molar-refractivity contribution >= 4 is 11.4 Å². The zero-order chi connectivity index (χ0) is 18.5. The minimum atomic E-state index is -4.39. The van der Waals surface area contributed by atoms with Gasteiger partial charge in [-0.25, -0.2) is 0 Å². The fraction of sp³-hybridized carbons (Fsp3) is 0.263. The third-order valence-corrected chi connectivity index (χ3v) is 5.13. The molecule has 0 fully saturated rings. The molecule has 1 aliphatic carbocycles. The number of allylic oxidation sites excluding steroid dienone is 2. The van der Waals surface area contributed by atoms with Crippen molar-refractivity contribution in [3.63, 3.8) is 0 Å². The van der Waals surface area contributed by atoms with Gasteiger partial charge in [0.15, 0.2) is 0 Å². The van der Waals surface area contributed by atoms with Crippen LogP contribution in [0.1, 0.15) is 35.1 Å².